The molecular formula is C15H15Cl2FN2O. The first-order valence-corrected chi connectivity index (χ1v) is 7.55. The summed E-state index contributed by atoms with van der Waals surface area (Å²) < 4.78 is 19.9. The number of nitrogens with zero attached hydrogens (tertiary/aromatic N) is 1. The molecule has 0 amide bonds. The fourth-order valence-electron chi connectivity index (χ4n) is 2.69. The molecule has 3 rings (SSSR count). The van der Waals surface area contributed by atoms with Gasteiger partial charge in [0.15, 0.2) is 0 Å². The summed E-state index contributed by atoms with van der Waals surface area (Å²) >= 11 is 12.3. The Hall–Kier alpha value is -1.07. The van der Waals surface area contributed by atoms with Crippen molar-refractivity contribution in [2.75, 3.05) is 26.2 Å². The molecule has 2 aromatic rings. The van der Waals surface area contributed by atoms with Crippen LogP contribution in [0.15, 0.2) is 34.9 Å². The van der Waals surface area contributed by atoms with E-state index in [9.17, 15) is 4.39 Å². The van der Waals surface area contributed by atoms with Gasteiger partial charge in [0, 0.05) is 31.7 Å². The Balaban J connectivity index is 2.09. The maximum absolute atomic E-state index is 14.4. The molecule has 1 aromatic carbocycles. The Morgan fingerprint density at radius 2 is 1.95 bits per heavy atom. The summed E-state index contributed by atoms with van der Waals surface area (Å²) in [6.45, 7) is 3.26. The number of hydrogen-bond donors (Lipinski definition) is 1. The number of hydrogen-bond acceptors (Lipinski definition) is 3. The number of halogens is 3. The topological polar surface area (TPSA) is 28.4 Å². The van der Waals surface area contributed by atoms with Gasteiger partial charge in [0.1, 0.15) is 11.6 Å². The molecule has 2 heterocycles. The quantitative estimate of drug-likeness (QED) is 0.870. The van der Waals surface area contributed by atoms with Gasteiger partial charge in [-0.15, -0.1) is 0 Å². The van der Waals surface area contributed by atoms with Crippen LogP contribution in [-0.2, 0) is 0 Å². The van der Waals surface area contributed by atoms with Gasteiger partial charge in [0.2, 0.25) is 0 Å². The molecular weight excluding hydrogens is 314 g/mol. The lowest BCUT2D eigenvalue weighted by Crippen LogP contribution is -2.45. The average Bonchev–Trinajstić information content (AvgIpc) is 3.02. The highest BCUT2D eigenvalue weighted by atomic mass is 35.5. The highest BCUT2D eigenvalue weighted by Gasteiger charge is 2.31. The molecule has 1 fully saturated rings. The largest absolute Gasteiger partial charge is 0.467 e. The molecule has 1 aliphatic heterocycles. The first-order chi connectivity index (χ1) is 10.2. The molecule has 0 bridgehead atoms. The van der Waals surface area contributed by atoms with Crippen LogP contribution < -0.4 is 5.32 Å². The summed E-state index contributed by atoms with van der Waals surface area (Å²) in [5.74, 6) is 0.296. The SMILES string of the molecule is Fc1ccc(Cl)c(Cl)c1[C@@H](c1ccco1)N1CCNCC1. The van der Waals surface area contributed by atoms with E-state index in [1.54, 1.807) is 12.3 Å². The lowest BCUT2D eigenvalue weighted by molar-refractivity contribution is 0.177. The molecule has 112 valence electrons. The summed E-state index contributed by atoms with van der Waals surface area (Å²) in [4.78, 5) is 2.15. The average molecular weight is 329 g/mol. The van der Waals surface area contributed by atoms with Gasteiger partial charge in [-0.25, -0.2) is 4.39 Å². The predicted molar refractivity (Wildman–Crippen MR) is 81.4 cm³/mol. The predicted octanol–water partition coefficient (Wildman–Crippen LogP) is 3.72. The van der Waals surface area contributed by atoms with E-state index in [4.69, 9.17) is 27.6 Å². The number of furan rings is 1. The van der Waals surface area contributed by atoms with Crippen LogP contribution in [0.25, 0.3) is 0 Å². The highest BCUT2D eigenvalue weighted by molar-refractivity contribution is 6.42. The summed E-state index contributed by atoms with van der Waals surface area (Å²) in [7, 11) is 0. The minimum Gasteiger partial charge on any atom is -0.467 e. The van der Waals surface area contributed by atoms with Crippen LogP contribution in [0.2, 0.25) is 10.0 Å². The van der Waals surface area contributed by atoms with Crippen LogP contribution in [-0.4, -0.2) is 31.1 Å². The van der Waals surface area contributed by atoms with E-state index in [1.165, 1.54) is 12.1 Å². The van der Waals surface area contributed by atoms with E-state index in [1.807, 2.05) is 6.07 Å². The van der Waals surface area contributed by atoms with Gasteiger partial charge in [-0.2, -0.15) is 0 Å². The summed E-state index contributed by atoms with van der Waals surface area (Å²) in [6.07, 6.45) is 1.58. The van der Waals surface area contributed by atoms with E-state index in [-0.39, 0.29) is 16.9 Å². The third kappa shape index (κ3) is 2.94. The van der Waals surface area contributed by atoms with Crippen molar-refractivity contribution in [3.8, 4) is 0 Å². The Bertz CT molecular complexity index is 612. The van der Waals surface area contributed by atoms with Gasteiger partial charge in [-0.1, -0.05) is 23.2 Å². The highest BCUT2D eigenvalue weighted by Crippen LogP contribution is 2.38. The second-order valence-corrected chi connectivity index (χ2v) is 5.75. The van der Waals surface area contributed by atoms with Crippen LogP contribution in [0.5, 0.6) is 0 Å². The Morgan fingerprint density at radius 1 is 1.19 bits per heavy atom. The molecule has 0 unspecified atom stereocenters. The van der Waals surface area contributed by atoms with Crippen LogP contribution in [0.4, 0.5) is 4.39 Å². The van der Waals surface area contributed by atoms with E-state index < -0.39 is 0 Å². The monoisotopic (exact) mass is 328 g/mol. The van der Waals surface area contributed by atoms with E-state index in [2.05, 4.69) is 10.2 Å². The van der Waals surface area contributed by atoms with Crippen molar-refractivity contribution in [3.05, 3.63) is 57.7 Å². The van der Waals surface area contributed by atoms with Crippen molar-refractivity contribution in [3.63, 3.8) is 0 Å². The van der Waals surface area contributed by atoms with E-state index in [0.29, 0.717) is 16.3 Å². The molecule has 0 aliphatic carbocycles. The molecule has 1 aromatic heterocycles. The molecule has 1 N–H and O–H groups in total. The van der Waals surface area contributed by atoms with Crippen molar-refractivity contribution in [1.82, 2.24) is 10.2 Å². The zero-order valence-electron chi connectivity index (χ0n) is 11.3. The molecule has 0 saturated carbocycles. The smallest absolute Gasteiger partial charge is 0.130 e. The minimum absolute atomic E-state index is 0.247. The Morgan fingerprint density at radius 3 is 2.62 bits per heavy atom. The second kappa shape index (κ2) is 6.36. The van der Waals surface area contributed by atoms with Gasteiger partial charge in [-0.05, 0) is 24.3 Å². The minimum atomic E-state index is -0.371. The van der Waals surface area contributed by atoms with E-state index in [0.717, 1.165) is 26.2 Å². The molecule has 3 nitrogen and oxygen atoms in total. The van der Waals surface area contributed by atoms with Gasteiger partial charge < -0.3 is 9.73 Å². The van der Waals surface area contributed by atoms with Crippen LogP contribution in [0, 0.1) is 5.82 Å². The molecule has 1 saturated heterocycles. The van der Waals surface area contributed by atoms with Gasteiger partial charge in [0.05, 0.1) is 22.4 Å². The zero-order valence-corrected chi connectivity index (χ0v) is 12.8. The number of benzene rings is 1. The molecule has 0 radical (unpaired) electrons. The Kier molecular flexibility index (Phi) is 4.50. The second-order valence-electron chi connectivity index (χ2n) is 4.96. The normalized spacial score (nSPS) is 17.9. The standard InChI is InChI=1S/C15H15Cl2FN2O/c16-10-3-4-11(18)13(14(10)17)15(12-2-1-9-21-12)20-7-5-19-6-8-20/h1-4,9,15,19H,5-8H2/t15-/m1/s1. The zero-order chi connectivity index (χ0) is 14.8. The summed E-state index contributed by atoms with van der Waals surface area (Å²) in [5.41, 5.74) is 0.376. The maximum atomic E-state index is 14.4. The van der Waals surface area contributed by atoms with Crippen molar-refractivity contribution >= 4 is 23.2 Å². The Labute approximate surface area is 132 Å². The van der Waals surface area contributed by atoms with Crippen molar-refractivity contribution in [2.45, 2.75) is 6.04 Å². The van der Waals surface area contributed by atoms with Crippen molar-refractivity contribution < 1.29 is 8.81 Å². The number of rotatable bonds is 3. The van der Waals surface area contributed by atoms with Crippen LogP contribution in [0.3, 0.4) is 0 Å². The summed E-state index contributed by atoms with van der Waals surface area (Å²) in [5, 5.41) is 3.88. The lowest BCUT2D eigenvalue weighted by Gasteiger charge is -2.34. The molecule has 0 spiro atoms. The molecule has 21 heavy (non-hydrogen) atoms. The van der Waals surface area contributed by atoms with Crippen molar-refractivity contribution in [1.29, 1.82) is 0 Å². The van der Waals surface area contributed by atoms with E-state index >= 15 is 0 Å². The fraction of sp³-hybridized carbons (Fsp3) is 0.333. The molecule has 1 atom stereocenters. The van der Waals surface area contributed by atoms with Crippen LogP contribution >= 0.6 is 23.2 Å². The van der Waals surface area contributed by atoms with Gasteiger partial charge in [0.25, 0.3) is 0 Å². The molecule has 6 heteroatoms. The first kappa shape index (κ1) is 14.9. The van der Waals surface area contributed by atoms with Crippen molar-refractivity contribution in [2.24, 2.45) is 0 Å². The summed E-state index contributed by atoms with van der Waals surface area (Å²) in [6, 6.07) is 6.08. The number of nitrogens with one attached hydrogen (secondary N) is 1. The third-order valence-electron chi connectivity index (χ3n) is 3.68. The number of piperazine rings is 1. The maximum Gasteiger partial charge on any atom is 0.130 e. The molecule has 1 aliphatic rings. The fourth-order valence-corrected chi connectivity index (χ4v) is 3.11. The van der Waals surface area contributed by atoms with Gasteiger partial charge in [-0.3, -0.25) is 4.90 Å². The van der Waals surface area contributed by atoms with Gasteiger partial charge >= 0.3 is 0 Å². The first-order valence-electron chi connectivity index (χ1n) is 6.80. The van der Waals surface area contributed by atoms with Crippen LogP contribution in [0.1, 0.15) is 17.4 Å². The third-order valence-corrected chi connectivity index (χ3v) is 4.50. The lowest BCUT2D eigenvalue weighted by atomic mass is 10.0.